The topological polar surface area (TPSA) is 292 Å². The molecule has 0 aliphatic rings. The zero-order valence-corrected chi connectivity index (χ0v) is 61.0. The lowest BCUT2D eigenvalue weighted by molar-refractivity contribution is -0.385. The Bertz CT molecular complexity index is 5130. The third kappa shape index (κ3) is 20.4. The summed E-state index contributed by atoms with van der Waals surface area (Å²) in [7, 11) is 0.358. The van der Waals surface area contributed by atoms with E-state index in [1.54, 1.807) is 72.8 Å². The summed E-state index contributed by atoms with van der Waals surface area (Å²) in [5.41, 5.74) is 8.94. The zero-order valence-electron chi connectivity index (χ0n) is 57.7. The molecule has 23 nitrogen and oxygen atoms in total. The van der Waals surface area contributed by atoms with E-state index in [9.17, 15) is 48.2 Å². The molecule has 0 bridgehead atoms. The zero-order chi connectivity index (χ0) is 73.7. The van der Waals surface area contributed by atoms with Crippen LogP contribution in [-0.2, 0) is 66.3 Å². The van der Waals surface area contributed by atoms with Gasteiger partial charge >= 0.3 is 0 Å². The lowest BCUT2D eigenvalue weighted by Gasteiger charge is -2.13. The van der Waals surface area contributed by atoms with Crippen LogP contribution in [0.3, 0.4) is 0 Å². The maximum absolute atomic E-state index is 13.4. The number of halogens is 1. The first-order chi connectivity index (χ1) is 48.3. The van der Waals surface area contributed by atoms with Crippen LogP contribution in [0, 0.1) is 29.8 Å². The molecule has 0 amide bonds. The predicted octanol–water partition coefficient (Wildman–Crippen LogP) is 13.1. The maximum Gasteiger partial charge on any atom is 0.270 e. The number of nitrogens with zero attached hydrogens (tertiary/aromatic N) is 9. The van der Waals surface area contributed by atoms with Crippen LogP contribution >= 0.6 is 0 Å². The minimum atomic E-state index is -4.00. The number of nitro groups is 1. The number of non-ortho nitro benzene ring substituents is 1. The third-order valence-corrected chi connectivity index (χ3v) is 20.5. The number of pyridine rings is 4. The van der Waals surface area contributed by atoms with E-state index in [0.29, 0.717) is 71.0 Å². The van der Waals surface area contributed by atoms with Crippen molar-refractivity contribution < 1.29 is 43.0 Å². The Morgan fingerprint density at radius 2 is 0.598 bits per heavy atom. The van der Waals surface area contributed by atoms with Crippen molar-refractivity contribution in [2.45, 2.75) is 59.6 Å². The molecule has 0 spiro atoms. The van der Waals surface area contributed by atoms with Crippen molar-refractivity contribution in [1.82, 2.24) is 39.5 Å². The molecule has 8 aromatic carbocycles. The first-order valence-corrected chi connectivity index (χ1v) is 37.6. The SMILES string of the molecule is CN(C)Cc1ccc2cccc(NS(=O)(=O)c3cccc(F)c3)c2n1.CN(C)Cc1ccc2cccc(NS(=O)(=O)c3cccc([N+](=O)[O-])c3)c2n1.Cc1cccc(S(=O)(=O)Nc2cccc3ccc(CN(C)C)nc23)c1.Cc1cccc(S(=O)(=O)Nc2cccc3ccc(CN(C)C)nc23)c1. The molecule has 0 saturated carbocycles. The van der Waals surface area contributed by atoms with Crippen molar-refractivity contribution >= 4 is 112 Å². The van der Waals surface area contributed by atoms with Gasteiger partial charge in [-0.3, -0.25) is 29.0 Å². The van der Waals surface area contributed by atoms with Gasteiger partial charge < -0.3 is 19.6 Å². The molecule has 0 radical (unpaired) electrons. The number of benzene rings is 8. The Morgan fingerprint density at radius 1 is 0.343 bits per heavy atom. The first kappa shape index (κ1) is 75.8. The number of hydrogen-bond donors (Lipinski definition) is 4. The molecule has 12 rings (SSSR count). The lowest BCUT2D eigenvalue weighted by Crippen LogP contribution is -2.14. The van der Waals surface area contributed by atoms with Crippen LogP contribution in [0.25, 0.3) is 43.6 Å². The predicted molar refractivity (Wildman–Crippen MR) is 402 cm³/mol. The van der Waals surface area contributed by atoms with Gasteiger partial charge in [-0.05, 0) is 178 Å². The van der Waals surface area contributed by atoms with Crippen molar-refractivity contribution in [3.8, 4) is 0 Å². The highest BCUT2D eigenvalue weighted by Gasteiger charge is 2.22. The van der Waals surface area contributed by atoms with E-state index in [-0.39, 0.29) is 25.3 Å². The van der Waals surface area contributed by atoms with Crippen molar-refractivity contribution in [3.05, 3.63) is 268 Å². The van der Waals surface area contributed by atoms with E-state index in [0.717, 1.165) is 67.6 Å². The van der Waals surface area contributed by atoms with Crippen molar-refractivity contribution in [2.24, 2.45) is 0 Å². The van der Waals surface area contributed by atoms with Crippen LogP contribution in [0.15, 0.2) is 238 Å². The number of hydrogen-bond acceptors (Lipinski definition) is 18. The molecule has 28 heteroatoms. The molecule has 0 atom stereocenters. The number of nitro benzene ring substituents is 1. The maximum atomic E-state index is 13.4. The Balaban J connectivity index is 0.000000158. The van der Waals surface area contributed by atoms with Crippen molar-refractivity contribution in [1.29, 1.82) is 0 Å². The molecule has 4 heterocycles. The largest absolute Gasteiger partial charge is 0.304 e. The van der Waals surface area contributed by atoms with Gasteiger partial charge in [0.1, 0.15) is 5.82 Å². The van der Waals surface area contributed by atoms with Gasteiger partial charge in [0.2, 0.25) is 0 Å². The van der Waals surface area contributed by atoms with E-state index in [1.165, 1.54) is 36.4 Å². The van der Waals surface area contributed by atoms with Gasteiger partial charge in [0.05, 0.1) is 92.1 Å². The highest BCUT2D eigenvalue weighted by Crippen LogP contribution is 2.31. The van der Waals surface area contributed by atoms with Gasteiger partial charge in [-0.25, -0.2) is 58.0 Å². The molecule has 0 fully saturated rings. The van der Waals surface area contributed by atoms with Crippen LogP contribution in [0.5, 0.6) is 0 Å². The molecule has 0 aliphatic heterocycles. The molecule has 0 unspecified atom stereocenters. The summed E-state index contributed by atoms with van der Waals surface area (Å²) in [6.07, 6.45) is 0. The van der Waals surface area contributed by atoms with Crippen LogP contribution in [0.2, 0.25) is 0 Å². The quantitative estimate of drug-likeness (QED) is 0.0384. The Kier molecular flexibility index (Phi) is 24.5. The second kappa shape index (κ2) is 32.9. The lowest BCUT2D eigenvalue weighted by atomic mass is 10.2. The summed E-state index contributed by atoms with van der Waals surface area (Å²) in [5.74, 6) is -0.604. The number of sulfonamides is 4. The number of aromatic nitrogens is 4. The summed E-state index contributed by atoms with van der Waals surface area (Å²) < 4.78 is 125. The number of nitrogens with one attached hydrogen (secondary N) is 4. The van der Waals surface area contributed by atoms with Crippen molar-refractivity contribution in [2.75, 3.05) is 75.3 Å². The standard InChI is InChI=1S/2C19H21N3O2S.C18H18FN3O2S.C18H18N4O4S/c2*1-14-6-4-8-17(12-14)25(23,24)21-18-9-5-7-15-10-11-16(13-22(2)3)20-19(15)18;1-22(2)12-15-10-9-13-5-3-8-17(18(13)20-15)21-25(23,24)16-7-4-6-14(19)11-16;1-21(2)12-14-10-9-13-5-3-8-17(18(13)19-14)20-27(25,26)16-7-4-6-15(11-16)22(23)24/h2*4-12,21H,13H2,1-3H3;3-11,21H,12H2,1-2H3;3-11,20H,12H2,1-2H3. The summed E-state index contributed by atoms with van der Waals surface area (Å²) >= 11 is 0. The number of anilines is 4. The summed E-state index contributed by atoms with van der Waals surface area (Å²) in [6, 6.07) is 60.3. The Morgan fingerprint density at radius 3 is 0.863 bits per heavy atom. The van der Waals surface area contributed by atoms with Gasteiger partial charge in [0.15, 0.2) is 0 Å². The second-order valence-electron chi connectivity index (χ2n) is 24.9. The average Bonchev–Trinajstić information content (AvgIpc) is 0.810. The molecule has 102 heavy (non-hydrogen) atoms. The van der Waals surface area contributed by atoms with E-state index in [4.69, 9.17) is 0 Å². The van der Waals surface area contributed by atoms with Gasteiger partial charge in [-0.15, -0.1) is 0 Å². The normalized spacial score (nSPS) is 11.8. The van der Waals surface area contributed by atoms with Crippen LogP contribution < -0.4 is 18.9 Å². The molecule has 0 aliphatic carbocycles. The molecule has 4 aromatic heterocycles. The molecular weight excluding hydrogens is 1380 g/mol. The van der Waals surface area contributed by atoms with Crippen LogP contribution in [0.1, 0.15) is 33.9 Å². The Labute approximate surface area is 594 Å². The molecule has 0 saturated heterocycles. The van der Waals surface area contributed by atoms with Crippen LogP contribution in [-0.4, -0.2) is 135 Å². The molecule has 530 valence electrons. The van der Waals surface area contributed by atoms with E-state index in [2.05, 4.69) is 38.8 Å². The Hall–Kier alpha value is -10.4. The molecule has 12 aromatic rings. The van der Waals surface area contributed by atoms with Gasteiger partial charge in [-0.2, -0.15) is 0 Å². The van der Waals surface area contributed by atoms with Crippen molar-refractivity contribution in [3.63, 3.8) is 0 Å². The number of fused-ring (bicyclic) bond motifs is 4. The monoisotopic (exact) mass is 1460 g/mol. The van der Waals surface area contributed by atoms with E-state index in [1.807, 2.05) is 187 Å². The third-order valence-electron chi connectivity index (χ3n) is 15.0. The van der Waals surface area contributed by atoms with Gasteiger partial charge in [0.25, 0.3) is 45.8 Å². The second-order valence-corrected chi connectivity index (χ2v) is 31.7. The molecular formula is C74H78FN13O10S4. The molecule has 4 N–H and O–H groups in total. The van der Waals surface area contributed by atoms with Crippen LogP contribution in [0.4, 0.5) is 32.8 Å². The summed E-state index contributed by atoms with van der Waals surface area (Å²) in [5, 5.41) is 14.3. The summed E-state index contributed by atoms with van der Waals surface area (Å²) in [6.45, 7) is 6.37. The number of para-hydroxylation sites is 4. The highest BCUT2D eigenvalue weighted by atomic mass is 32.2. The van der Waals surface area contributed by atoms with Gasteiger partial charge in [0, 0.05) is 59.9 Å². The fraction of sp³-hybridized carbons (Fsp3) is 0.189. The minimum absolute atomic E-state index is 0.131. The van der Waals surface area contributed by atoms with E-state index >= 15 is 0 Å². The fourth-order valence-electron chi connectivity index (χ4n) is 10.5. The smallest absolute Gasteiger partial charge is 0.270 e. The van der Waals surface area contributed by atoms with E-state index < -0.39 is 50.8 Å². The average molecular weight is 1460 g/mol. The van der Waals surface area contributed by atoms with Gasteiger partial charge in [-0.1, -0.05) is 109 Å². The fourth-order valence-corrected chi connectivity index (χ4v) is 15.1. The minimum Gasteiger partial charge on any atom is -0.304 e. The number of aryl methyl sites for hydroxylation is 2. The highest BCUT2D eigenvalue weighted by molar-refractivity contribution is 7.93. The first-order valence-electron chi connectivity index (χ1n) is 31.7. The number of rotatable bonds is 21. The summed E-state index contributed by atoms with van der Waals surface area (Å²) in [4.78, 5) is 36.9.